The van der Waals surface area contributed by atoms with Gasteiger partial charge in [-0.1, -0.05) is 30.7 Å². The van der Waals surface area contributed by atoms with E-state index in [1.165, 1.54) is 29.7 Å². The standard InChI is InChI=1S/C27H31N3O4S/c1-19-7-5-6-14-30(19)35(32,33)26-17-21(10-11-25(26)34-2)27(31)29-15-12-20(13-16-29)23-18-28-24-9-4-3-8-22(23)24/h3-4,8-12,17-19,28H,5-7,13-16H2,1-2H3/t19-/m1/s1. The van der Waals surface area contributed by atoms with Crippen LogP contribution in [0.2, 0.25) is 0 Å². The monoisotopic (exact) mass is 493 g/mol. The largest absolute Gasteiger partial charge is 0.495 e. The highest BCUT2D eigenvalue weighted by Crippen LogP contribution is 2.33. The van der Waals surface area contributed by atoms with Crippen LogP contribution in [0.5, 0.6) is 5.75 Å². The van der Waals surface area contributed by atoms with Gasteiger partial charge in [-0.25, -0.2) is 8.42 Å². The van der Waals surface area contributed by atoms with Gasteiger partial charge in [0, 0.05) is 53.9 Å². The van der Waals surface area contributed by atoms with E-state index in [0.29, 0.717) is 25.2 Å². The van der Waals surface area contributed by atoms with Crippen LogP contribution in [0.4, 0.5) is 0 Å². The van der Waals surface area contributed by atoms with Crippen molar-refractivity contribution in [3.8, 4) is 5.75 Å². The quantitative estimate of drug-likeness (QED) is 0.560. The van der Waals surface area contributed by atoms with Crippen LogP contribution in [0.1, 0.15) is 48.5 Å². The number of ether oxygens (including phenoxy) is 1. The number of nitrogens with one attached hydrogen (secondary N) is 1. The van der Waals surface area contributed by atoms with Crippen molar-refractivity contribution in [2.75, 3.05) is 26.7 Å². The Morgan fingerprint density at radius 2 is 1.94 bits per heavy atom. The molecule has 0 aliphatic carbocycles. The molecule has 1 N–H and O–H groups in total. The van der Waals surface area contributed by atoms with Gasteiger partial charge < -0.3 is 14.6 Å². The van der Waals surface area contributed by atoms with Crippen molar-refractivity contribution >= 4 is 32.4 Å². The molecular weight excluding hydrogens is 462 g/mol. The zero-order valence-electron chi connectivity index (χ0n) is 20.2. The molecule has 5 rings (SSSR count). The van der Waals surface area contributed by atoms with Crippen molar-refractivity contribution in [3.05, 3.63) is 65.9 Å². The lowest BCUT2D eigenvalue weighted by Gasteiger charge is -2.32. The van der Waals surface area contributed by atoms with E-state index in [1.54, 1.807) is 21.3 Å². The number of methoxy groups -OCH3 is 1. The average Bonchev–Trinajstić information content (AvgIpc) is 3.32. The van der Waals surface area contributed by atoms with Crippen molar-refractivity contribution in [1.82, 2.24) is 14.2 Å². The third-order valence-corrected chi connectivity index (χ3v) is 9.21. The van der Waals surface area contributed by atoms with Gasteiger partial charge in [-0.3, -0.25) is 4.79 Å². The molecule has 184 valence electrons. The molecule has 8 heteroatoms. The molecule has 7 nitrogen and oxygen atoms in total. The predicted molar refractivity (Wildman–Crippen MR) is 137 cm³/mol. The molecule has 2 aromatic carbocycles. The summed E-state index contributed by atoms with van der Waals surface area (Å²) in [5, 5.41) is 1.18. The van der Waals surface area contributed by atoms with E-state index in [1.807, 2.05) is 25.3 Å². The van der Waals surface area contributed by atoms with Crippen molar-refractivity contribution in [1.29, 1.82) is 0 Å². The molecule has 2 aliphatic heterocycles. The molecule has 1 fully saturated rings. The van der Waals surface area contributed by atoms with E-state index in [2.05, 4.69) is 23.2 Å². The molecule has 1 atom stereocenters. The summed E-state index contributed by atoms with van der Waals surface area (Å²) in [7, 11) is -2.32. The van der Waals surface area contributed by atoms with Gasteiger partial charge in [-0.2, -0.15) is 4.31 Å². The van der Waals surface area contributed by atoms with Gasteiger partial charge in [0.05, 0.1) is 7.11 Å². The molecule has 0 bridgehead atoms. The first kappa shape index (κ1) is 23.6. The number of hydrogen-bond acceptors (Lipinski definition) is 4. The smallest absolute Gasteiger partial charge is 0.254 e. The summed E-state index contributed by atoms with van der Waals surface area (Å²) in [4.78, 5) is 18.5. The zero-order valence-corrected chi connectivity index (χ0v) is 21.0. The number of rotatable bonds is 5. The number of H-pyrrole nitrogens is 1. The number of sulfonamides is 1. The highest BCUT2D eigenvalue weighted by molar-refractivity contribution is 7.89. The average molecular weight is 494 g/mol. The zero-order chi connectivity index (χ0) is 24.6. The predicted octanol–water partition coefficient (Wildman–Crippen LogP) is 4.67. The lowest BCUT2D eigenvalue weighted by molar-refractivity contribution is 0.0772. The maximum absolute atomic E-state index is 13.5. The van der Waals surface area contributed by atoms with E-state index < -0.39 is 10.0 Å². The number of piperidine rings is 1. The molecule has 1 saturated heterocycles. The summed E-state index contributed by atoms with van der Waals surface area (Å²) in [6.45, 7) is 3.47. The molecule has 0 saturated carbocycles. The van der Waals surface area contributed by atoms with E-state index in [4.69, 9.17) is 4.74 Å². The Balaban J connectivity index is 1.39. The minimum absolute atomic E-state index is 0.0617. The number of amides is 1. The van der Waals surface area contributed by atoms with Crippen LogP contribution in [0.25, 0.3) is 16.5 Å². The Bertz CT molecular complexity index is 1390. The number of carbonyl (C=O) groups is 1. The number of para-hydroxylation sites is 1. The first-order chi connectivity index (χ1) is 16.9. The maximum Gasteiger partial charge on any atom is 0.254 e. The summed E-state index contributed by atoms with van der Waals surface area (Å²) in [6.07, 6.45) is 7.54. The Morgan fingerprint density at radius 3 is 2.69 bits per heavy atom. The molecule has 0 spiro atoms. The molecule has 0 radical (unpaired) electrons. The molecule has 3 aromatic rings. The van der Waals surface area contributed by atoms with E-state index >= 15 is 0 Å². The molecule has 2 aliphatic rings. The Hall–Kier alpha value is -3.10. The fourth-order valence-electron chi connectivity index (χ4n) is 5.18. The van der Waals surface area contributed by atoms with Gasteiger partial charge in [0.2, 0.25) is 10.0 Å². The van der Waals surface area contributed by atoms with Crippen LogP contribution in [0, 0.1) is 0 Å². The molecule has 35 heavy (non-hydrogen) atoms. The number of carbonyl (C=O) groups excluding carboxylic acids is 1. The fraction of sp³-hybridized carbons (Fsp3) is 0.370. The van der Waals surface area contributed by atoms with Gasteiger partial charge >= 0.3 is 0 Å². The molecule has 1 amide bonds. The van der Waals surface area contributed by atoms with Gasteiger partial charge in [0.1, 0.15) is 10.6 Å². The Labute approximate surface area is 206 Å². The minimum Gasteiger partial charge on any atom is -0.495 e. The number of nitrogens with zero attached hydrogens (tertiary/aromatic N) is 2. The summed E-state index contributed by atoms with van der Waals surface area (Å²) in [6, 6.07) is 12.8. The van der Waals surface area contributed by atoms with Gasteiger partial charge in [0.25, 0.3) is 5.91 Å². The molecular formula is C27H31N3O4S. The van der Waals surface area contributed by atoms with Crippen LogP contribution in [0.3, 0.4) is 0 Å². The number of aromatic amines is 1. The number of hydrogen-bond donors (Lipinski definition) is 1. The van der Waals surface area contributed by atoms with E-state index in [9.17, 15) is 13.2 Å². The van der Waals surface area contributed by atoms with Crippen LogP contribution in [-0.2, 0) is 10.0 Å². The number of fused-ring (bicyclic) bond motifs is 1. The van der Waals surface area contributed by atoms with Crippen molar-refractivity contribution < 1.29 is 17.9 Å². The van der Waals surface area contributed by atoms with E-state index in [-0.39, 0.29) is 22.6 Å². The fourth-order valence-corrected chi connectivity index (χ4v) is 7.07. The van der Waals surface area contributed by atoms with Crippen molar-refractivity contribution in [2.24, 2.45) is 0 Å². The summed E-state index contributed by atoms with van der Waals surface area (Å²) in [5.74, 6) is 0.0875. The summed E-state index contributed by atoms with van der Waals surface area (Å²) in [5.41, 5.74) is 3.83. The topological polar surface area (TPSA) is 82.7 Å². The van der Waals surface area contributed by atoms with E-state index in [0.717, 1.165) is 31.2 Å². The van der Waals surface area contributed by atoms with Crippen LogP contribution >= 0.6 is 0 Å². The van der Waals surface area contributed by atoms with Crippen LogP contribution in [-0.4, -0.2) is 61.3 Å². The number of benzene rings is 2. The highest BCUT2D eigenvalue weighted by atomic mass is 32.2. The first-order valence-electron chi connectivity index (χ1n) is 12.1. The van der Waals surface area contributed by atoms with Crippen LogP contribution in [0.15, 0.2) is 59.6 Å². The summed E-state index contributed by atoms with van der Waals surface area (Å²) >= 11 is 0. The second kappa shape index (κ2) is 9.51. The minimum atomic E-state index is -3.78. The van der Waals surface area contributed by atoms with Gasteiger partial charge in [-0.15, -0.1) is 0 Å². The van der Waals surface area contributed by atoms with Crippen molar-refractivity contribution in [2.45, 2.75) is 43.5 Å². The van der Waals surface area contributed by atoms with Gasteiger partial charge in [0.15, 0.2) is 0 Å². The third-order valence-electron chi connectivity index (χ3n) is 7.17. The number of aromatic nitrogens is 1. The van der Waals surface area contributed by atoms with Gasteiger partial charge in [-0.05, 0) is 56.0 Å². The van der Waals surface area contributed by atoms with Crippen molar-refractivity contribution in [3.63, 3.8) is 0 Å². The Morgan fingerprint density at radius 1 is 1.11 bits per heavy atom. The lowest BCUT2D eigenvalue weighted by Crippen LogP contribution is -2.42. The summed E-state index contributed by atoms with van der Waals surface area (Å²) < 4.78 is 34.0. The maximum atomic E-state index is 13.5. The third kappa shape index (κ3) is 4.36. The second-order valence-corrected chi connectivity index (χ2v) is 11.2. The van der Waals surface area contributed by atoms with Crippen LogP contribution < -0.4 is 4.74 Å². The first-order valence-corrected chi connectivity index (χ1v) is 13.6. The second-order valence-electron chi connectivity index (χ2n) is 9.30. The molecule has 1 aromatic heterocycles. The molecule has 3 heterocycles. The Kier molecular flexibility index (Phi) is 6.42. The SMILES string of the molecule is COc1ccc(C(=O)N2CC=C(c3c[nH]c4ccccc34)CC2)cc1S(=O)(=O)N1CCCC[C@H]1C. The molecule has 0 unspecified atom stereocenters. The highest BCUT2D eigenvalue weighted by Gasteiger charge is 2.34. The lowest BCUT2D eigenvalue weighted by atomic mass is 9.98. The normalized spacial score (nSPS) is 19.5.